The topological polar surface area (TPSA) is 64.2 Å². The highest BCUT2D eigenvalue weighted by Gasteiger charge is 2.19. The Hall–Kier alpha value is -3.26. The van der Waals surface area contributed by atoms with E-state index in [2.05, 4.69) is 6.58 Å². The summed E-state index contributed by atoms with van der Waals surface area (Å²) in [5, 5.41) is 9.51. The number of allylic oxidation sites excluding steroid dienone is 2. The van der Waals surface area contributed by atoms with E-state index in [1.165, 1.54) is 0 Å². The van der Waals surface area contributed by atoms with Crippen molar-refractivity contribution in [2.75, 3.05) is 13.2 Å². The summed E-state index contributed by atoms with van der Waals surface area (Å²) in [5.41, 5.74) is 3.13. The second kappa shape index (κ2) is 7.32. The van der Waals surface area contributed by atoms with Gasteiger partial charge < -0.3 is 14.0 Å². The fourth-order valence-corrected chi connectivity index (χ4v) is 3.05. The lowest BCUT2D eigenvalue weighted by Crippen LogP contribution is -2.15. The first-order valence-electron chi connectivity index (χ1n) is 8.39. The van der Waals surface area contributed by atoms with Crippen LogP contribution in [0.25, 0.3) is 6.08 Å². The van der Waals surface area contributed by atoms with Crippen LogP contribution in [0.15, 0.2) is 42.5 Å². The van der Waals surface area contributed by atoms with E-state index in [4.69, 9.17) is 9.47 Å². The van der Waals surface area contributed by atoms with Crippen LogP contribution >= 0.6 is 0 Å². The minimum atomic E-state index is -0.286. The quantitative estimate of drug-likeness (QED) is 0.356. The number of carbonyl (C=O) groups is 1. The highest BCUT2D eigenvalue weighted by atomic mass is 16.6. The van der Waals surface area contributed by atoms with Crippen molar-refractivity contribution in [3.8, 4) is 17.6 Å². The van der Waals surface area contributed by atoms with E-state index in [-0.39, 0.29) is 11.4 Å². The number of ketones is 1. The van der Waals surface area contributed by atoms with Crippen LogP contribution in [0.2, 0.25) is 0 Å². The maximum atomic E-state index is 12.9. The summed E-state index contributed by atoms with van der Waals surface area (Å²) < 4.78 is 13.0. The Labute approximate surface area is 152 Å². The van der Waals surface area contributed by atoms with Crippen molar-refractivity contribution >= 4 is 11.9 Å². The van der Waals surface area contributed by atoms with Gasteiger partial charge in [0.2, 0.25) is 5.78 Å². The third kappa shape index (κ3) is 3.27. The number of Topliss-reactive ketones (excluding diaryl/α,β-unsaturated/α-hetero) is 1. The van der Waals surface area contributed by atoms with Gasteiger partial charge in [0.1, 0.15) is 24.9 Å². The third-order valence-corrected chi connectivity index (χ3v) is 4.37. The number of nitriles is 1. The molecule has 0 fully saturated rings. The van der Waals surface area contributed by atoms with Gasteiger partial charge in [0.05, 0.1) is 0 Å². The first kappa shape index (κ1) is 17.6. The summed E-state index contributed by atoms with van der Waals surface area (Å²) in [7, 11) is 0. The predicted octanol–water partition coefficient (Wildman–Crippen LogP) is 3.85. The molecule has 0 spiro atoms. The zero-order valence-electron chi connectivity index (χ0n) is 14.9. The van der Waals surface area contributed by atoms with E-state index in [1.807, 2.05) is 30.6 Å². The average Bonchev–Trinajstić information content (AvgIpc) is 2.94. The van der Waals surface area contributed by atoms with Crippen LogP contribution in [-0.4, -0.2) is 23.6 Å². The van der Waals surface area contributed by atoms with Crippen molar-refractivity contribution in [3.05, 3.63) is 65.0 Å². The molecule has 5 nitrogen and oxygen atoms in total. The normalized spacial score (nSPS) is 13.2. The number of ether oxygens (including phenoxy) is 2. The van der Waals surface area contributed by atoms with Gasteiger partial charge in [0, 0.05) is 23.5 Å². The molecule has 0 amide bonds. The number of aromatic nitrogens is 1. The molecule has 132 valence electrons. The van der Waals surface area contributed by atoms with Gasteiger partial charge in [-0.25, -0.2) is 0 Å². The van der Waals surface area contributed by atoms with E-state index >= 15 is 0 Å². The monoisotopic (exact) mass is 348 g/mol. The molecule has 5 heteroatoms. The molecular weight excluding hydrogens is 328 g/mol. The molecule has 0 unspecified atom stereocenters. The summed E-state index contributed by atoms with van der Waals surface area (Å²) in [6, 6.07) is 9.21. The van der Waals surface area contributed by atoms with Crippen LogP contribution in [0.4, 0.5) is 0 Å². The lowest BCUT2D eigenvalue weighted by Gasteiger charge is -2.18. The van der Waals surface area contributed by atoms with Crippen LogP contribution in [-0.2, 0) is 6.54 Å². The maximum Gasteiger partial charge on any atom is 0.205 e. The van der Waals surface area contributed by atoms with E-state index in [1.54, 1.807) is 30.4 Å². The Kier molecular flexibility index (Phi) is 4.94. The molecule has 26 heavy (non-hydrogen) atoms. The zero-order valence-corrected chi connectivity index (χ0v) is 14.9. The van der Waals surface area contributed by atoms with E-state index < -0.39 is 0 Å². The fraction of sp³-hybridized carbons (Fsp3) is 0.238. The number of hydrogen-bond acceptors (Lipinski definition) is 4. The Morgan fingerprint density at radius 1 is 1.27 bits per heavy atom. The van der Waals surface area contributed by atoms with Crippen molar-refractivity contribution in [1.82, 2.24) is 4.57 Å². The van der Waals surface area contributed by atoms with Crippen LogP contribution in [0.5, 0.6) is 11.5 Å². The molecular formula is C21H20N2O3. The van der Waals surface area contributed by atoms with Crippen molar-refractivity contribution < 1.29 is 14.3 Å². The minimum absolute atomic E-state index is 0.0838. The van der Waals surface area contributed by atoms with E-state index in [0.717, 1.165) is 17.0 Å². The zero-order chi connectivity index (χ0) is 18.7. The average molecular weight is 348 g/mol. The van der Waals surface area contributed by atoms with E-state index in [0.29, 0.717) is 36.8 Å². The van der Waals surface area contributed by atoms with Crippen molar-refractivity contribution in [2.45, 2.75) is 20.4 Å². The van der Waals surface area contributed by atoms with Gasteiger partial charge in [-0.05, 0) is 43.7 Å². The summed E-state index contributed by atoms with van der Waals surface area (Å²) in [6.07, 6.45) is 3.37. The molecule has 0 N–H and O–H groups in total. The Morgan fingerprint density at radius 3 is 2.69 bits per heavy atom. The smallest absolute Gasteiger partial charge is 0.205 e. The van der Waals surface area contributed by atoms with Crippen molar-refractivity contribution in [3.63, 3.8) is 0 Å². The van der Waals surface area contributed by atoms with Gasteiger partial charge in [-0.15, -0.1) is 6.58 Å². The van der Waals surface area contributed by atoms with Crippen LogP contribution < -0.4 is 9.47 Å². The molecule has 0 aliphatic carbocycles. The molecule has 1 aliphatic heterocycles. The third-order valence-electron chi connectivity index (χ3n) is 4.37. The number of carbonyl (C=O) groups excluding carboxylic acids is 1. The number of rotatable bonds is 5. The van der Waals surface area contributed by atoms with Crippen LogP contribution in [0.1, 0.15) is 27.3 Å². The second-order valence-electron chi connectivity index (χ2n) is 6.09. The summed E-state index contributed by atoms with van der Waals surface area (Å²) >= 11 is 0. The van der Waals surface area contributed by atoms with Gasteiger partial charge in [-0.3, -0.25) is 4.79 Å². The first-order valence-corrected chi connectivity index (χ1v) is 8.39. The largest absolute Gasteiger partial charge is 0.486 e. The van der Waals surface area contributed by atoms with Gasteiger partial charge in [0.25, 0.3) is 0 Å². The maximum absolute atomic E-state index is 12.9. The van der Waals surface area contributed by atoms with Gasteiger partial charge in [-0.1, -0.05) is 12.1 Å². The number of fused-ring (bicyclic) bond motifs is 1. The Balaban J connectivity index is 1.95. The molecule has 1 aromatic heterocycles. The molecule has 1 aromatic carbocycles. The second-order valence-corrected chi connectivity index (χ2v) is 6.09. The number of benzene rings is 1. The summed E-state index contributed by atoms with van der Waals surface area (Å²) in [4.78, 5) is 12.9. The van der Waals surface area contributed by atoms with Crippen molar-refractivity contribution in [1.29, 1.82) is 5.26 Å². The van der Waals surface area contributed by atoms with Gasteiger partial charge in [0.15, 0.2) is 11.5 Å². The van der Waals surface area contributed by atoms with Gasteiger partial charge in [-0.2, -0.15) is 5.26 Å². The summed E-state index contributed by atoms with van der Waals surface area (Å²) in [6.45, 7) is 9.18. The molecule has 2 aromatic rings. The molecule has 3 rings (SSSR count). The first-order chi connectivity index (χ1) is 12.5. The lowest BCUT2D eigenvalue weighted by atomic mass is 10.0. The SMILES string of the molecule is C=CCn1c(C)cc(C(=O)/C(C#N)=C\c2ccc3c(c2)OCCO3)c1C. The number of nitrogens with zero attached hydrogens (tertiary/aromatic N) is 2. The Morgan fingerprint density at radius 2 is 2.00 bits per heavy atom. The van der Waals surface area contributed by atoms with Gasteiger partial charge >= 0.3 is 0 Å². The lowest BCUT2D eigenvalue weighted by molar-refractivity contribution is 0.103. The molecule has 0 saturated heterocycles. The molecule has 1 aliphatic rings. The highest BCUT2D eigenvalue weighted by Crippen LogP contribution is 2.31. The highest BCUT2D eigenvalue weighted by molar-refractivity contribution is 6.14. The summed E-state index contributed by atoms with van der Waals surface area (Å²) in [5.74, 6) is 1.01. The number of hydrogen-bond donors (Lipinski definition) is 0. The predicted molar refractivity (Wildman–Crippen MR) is 99.5 cm³/mol. The molecule has 0 bridgehead atoms. The molecule has 2 heterocycles. The Bertz CT molecular complexity index is 945. The van der Waals surface area contributed by atoms with Crippen molar-refractivity contribution in [2.24, 2.45) is 0 Å². The number of aryl methyl sites for hydroxylation is 1. The standard InChI is InChI=1S/C21H20N2O3/c1-4-7-23-14(2)10-18(15(23)3)21(24)17(13-22)11-16-5-6-19-20(12-16)26-9-8-25-19/h4-6,10-12H,1,7-9H2,2-3H3/b17-11-. The fourth-order valence-electron chi connectivity index (χ4n) is 3.05. The molecule has 0 saturated carbocycles. The van der Waals surface area contributed by atoms with Crippen LogP contribution in [0, 0.1) is 25.2 Å². The minimum Gasteiger partial charge on any atom is -0.486 e. The van der Waals surface area contributed by atoms with Crippen LogP contribution in [0.3, 0.4) is 0 Å². The molecule has 0 atom stereocenters. The van der Waals surface area contributed by atoms with E-state index in [9.17, 15) is 10.1 Å². The molecule has 0 radical (unpaired) electrons.